The molecule has 0 bridgehead atoms. The van der Waals surface area contributed by atoms with Gasteiger partial charge in [0, 0.05) is 10.0 Å². The molecule has 2 rings (SSSR count). The van der Waals surface area contributed by atoms with Crippen LogP contribution in [-0.4, -0.2) is 0 Å². The highest BCUT2D eigenvalue weighted by atomic mass is 79.9. The Bertz CT molecular complexity index is 560. The topological polar surface area (TPSA) is 26.0 Å². The summed E-state index contributed by atoms with van der Waals surface area (Å²) >= 11 is 3.36. The van der Waals surface area contributed by atoms with E-state index in [9.17, 15) is 4.39 Å². The first kappa shape index (κ1) is 13.2. The van der Waals surface area contributed by atoms with Crippen molar-refractivity contribution < 1.29 is 4.39 Å². The van der Waals surface area contributed by atoms with Crippen molar-refractivity contribution in [1.82, 2.24) is 0 Å². The van der Waals surface area contributed by atoms with E-state index in [1.165, 1.54) is 11.6 Å². The predicted octanol–water partition coefficient (Wildman–Crippen LogP) is 4.25. The van der Waals surface area contributed by atoms with E-state index in [2.05, 4.69) is 15.9 Å². The second-order valence-corrected chi connectivity index (χ2v) is 5.31. The average Bonchev–Trinajstić information content (AvgIpc) is 2.32. The molecule has 0 spiro atoms. The van der Waals surface area contributed by atoms with E-state index in [4.69, 9.17) is 5.73 Å². The standard InChI is InChI=1S/C15H15BrFN/c1-9-6-7-11(8-10(9)2)15(18)14-12(16)4-3-5-13(14)17/h3-8,15H,18H2,1-2H3. The molecule has 1 atom stereocenters. The zero-order valence-corrected chi connectivity index (χ0v) is 12.0. The first-order valence-electron chi connectivity index (χ1n) is 5.77. The molecule has 94 valence electrons. The van der Waals surface area contributed by atoms with Crippen LogP contribution in [0.5, 0.6) is 0 Å². The molecule has 0 saturated heterocycles. The Morgan fingerprint density at radius 1 is 1.11 bits per heavy atom. The van der Waals surface area contributed by atoms with Crippen molar-refractivity contribution in [2.24, 2.45) is 5.73 Å². The number of aryl methyl sites for hydroxylation is 2. The Morgan fingerprint density at radius 2 is 1.83 bits per heavy atom. The van der Waals surface area contributed by atoms with Gasteiger partial charge in [0.25, 0.3) is 0 Å². The Balaban J connectivity index is 2.48. The van der Waals surface area contributed by atoms with Gasteiger partial charge in [0.05, 0.1) is 6.04 Å². The minimum Gasteiger partial charge on any atom is -0.320 e. The van der Waals surface area contributed by atoms with Crippen LogP contribution in [0.15, 0.2) is 40.9 Å². The van der Waals surface area contributed by atoms with E-state index >= 15 is 0 Å². The summed E-state index contributed by atoms with van der Waals surface area (Å²) in [5.74, 6) is -0.282. The highest BCUT2D eigenvalue weighted by molar-refractivity contribution is 9.10. The summed E-state index contributed by atoms with van der Waals surface area (Å²) in [4.78, 5) is 0. The third-order valence-corrected chi connectivity index (χ3v) is 3.89. The maximum absolute atomic E-state index is 13.9. The Labute approximate surface area is 115 Å². The summed E-state index contributed by atoms with van der Waals surface area (Å²) < 4.78 is 14.6. The lowest BCUT2D eigenvalue weighted by Gasteiger charge is -2.16. The van der Waals surface area contributed by atoms with Crippen molar-refractivity contribution in [3.63, 3.8) is 0 Å². The summed E-state index contributed by atoms with van der Waals surface area (Å²) in [5.41, 5.74) is 9.96. The second-order valence-electron chi connectivity index (χ2n) is 4.46. The molecule has 2 aromatic rings. The first-order valence-corrected chi connectivity index (χ1v) is 6.56. The van der Waals surface area contributed by atoms with Crippen molar-refractivity contribution in [3.8, 4) is 0 Å². The number of rotatable bonds is 2. The van der Waals surface area contributed by atoms with Crippen LogP contribution >= 0.6 is 15.9 Å². The Kier molecular flexibility index (Phi) is 3.83. The van der Waals surface area contributed by atoms with Crippen molar-refractivity contribution in [3.05, 3.63) is 68.9 Å². The van der Waals surface area contributed by atoms with Gasteiger partial charge in [-0.05, 0) is 42.7 Å². The molecule has 0 aliphatic carbocycles. The highest BCUT2D eigenvalue weighted by Crippen LogP contribution is 2.29. The largest absolute Gasteiger partial charge is 0.320 e. The minimum atomic E-state index is -0.458. The molecule has 0 fully saturated rings. The van der Waals surface area contributed by atoms with Crippen molar-refractivity contribution in [2.45, 2.75) is 19.9 Å². The average molecular weight is 308 g/mol. The van der Waals surface area contributed by atoms with Crippen LogP contribution in [0.1, 0.15) is 28.3 Å². The van der Waals surface area contributed by atoms with Crippen molar-refractivity contribution >= 4 is 15.9 Å². The molecule has 1 unspecified atom stereocenters. The molecular weight excluding hydrogens is 293 g/mol. The third-order valence-electron chi connectivity index (χ3n) is 3.20. The molecule has 0 radical (unpaired) electrons. The monoisotopic (exact) mass is 307 g/mol. The molecule has 2 N–H and O–H groups in total. The molecule has 2 aromatic carbocycles. The summed E-state index contributed by atoms with van der Waals surface area (Å²) in [5, 5.41) is 0. The van der Waals surface area contributed by atoms with Gasteiger partial charge in [-0.3, -0.25) is 0 Å². The summed E-state index contributed by atoms with van der Waals surface area (Å²) in [6.45, 7) is 4.08. The number of halogens is 2. The maximum atomic E-state index is 13.9. The smallest absolute Gasteiger partial charge is 0.129 e. The number of benzene rings is 2. The highest BCUT2D eigenvalue weighted by Gasteiger charge is 2.16. The van der Waals surface area contributed by atoms with Crippen LogP contribution in [0.4, 0.5) is 4.39 Å². The zero-order chi connectivity index (χ0) is 13.3. The second kappa shape index (κ2) is 5.21. The Morgan fingerprint density at radius 3 is 2.44 bits per heavy atom. The molecule has 1 nitrogen and oxygen atoms in total. The number of nitrogens with two attached hydrogens (primary N) is 1. The molecule has 0 heterocycles. The van der Waals surface area contributed by atoms with Crippen LogP contribution in [0, 0.1) is 19.7 Å². The normalized spacial score (nSPS) is 12.5. The molecule has 3 heteroatoms. The van der Waals surface area contributed by atoms with Crippen molar-refractivity contribution in [1.29, 1.82) is 0 Å². The van der Waals surface area contributed by atoms with Gasteiger partial charge in [-0.25, -0.2) is 4.39 Å². The lowest BCUT2D eigenvalue weighted by molar-refractivity contribution is 0.598. The molecule has 0 aliphatic rings. The first-order chi connectivity index (χ1) is 8.50. The number of hydrogen-bond acceptors (Lipinski definition) is 1. The van der Waals surface area contributed by atoms with E-state index in [1.807, 2.05) is 32.0 Å². The van der Waals surface area contributed by atoms with Gasteiger partial charge in [0.1, 0.15) is 5.82 Å². The predicted molar refractivity (Wildman–Crippen MR) is 76.0 cm³/mol. The summed E-state index contributed by atoms with van der Waals surface area (Å²) in [7, 11) is 0. The van der Waals surface area contributed by atoms with Gasteiger partial charge in [-0.2, -0.15) is 0 Å². The van der Waals surface area contributed by atoms with Gasteiger partial charge >= 0.3 is 0 Å². The number of hydrogen-bond donors (Lipinski definition) is 1. The van der Waals surface area contributed by atoms with Gasteiger partial charge in [-0.15, -0.1) is 0 Å². The molecule has 18 heavy (non-hydrogen) atoms. The fourth-order valence-electron chi connectivity index (χ4n) is 1.93. The maximum Gasteiger partial charge on any atom is 0.129 e. The van der Waals surface area contributed by atoms with Gasteiger partial charge in [-0.1, -0.05) is 40.2 Å². The van der Waals surface area contributed by atoms with Gasteiger partial charge < -0.3 is 5.73 Å². The fraction of sp³-hybridized carbons (Fsp3) is 0.200. The molecule has 0 saturated carbocycles. The lowest BCUT2D eigenvalue weighted by Crippen LogP contribution is -2.14. The Hall–Kier alpha value is -1.19. The summed E-state index contributed by atoms with van der Waals surface area (Å²) in [6, 6.07) is 10.4. The van der Waals surface area contributed by atoms with Gasteiger partial charge in [0.2, 0.25) is 0 Å². The van der Waals surface area contributed by atoms with Crippen molar-refractivity contribution in [2.75, 3.05) is 0 Å². The van der Waals surface area contributed by atoms with Crippen LogP contribution in [-0.2, 0) is 0 Å². The molecular formula is C15H15BrFN. The van der Waals surface area contributed by atoms with Crippen LogP contribution < -0.4 is 5.73 Å². The zero-order valence-electron chi connectivity index (χ0n) is 10.4. The van der Waals surface area contributed by atoms with E-state index < -0.39 is 6.04 Å². The van der Waals surface area contributed by atoms with E-state index in [0.717, 1.165) is 11.1 Å². The molecule has 0 aliphatic heterocycles. The lowest BCUT2D eigenvalue weighted by atomic mass is 9.96. The van der Waals surface area contributed by atoms with E-state index in [1.54, 1.807) is 12.1 Å². The molecule has 0 aromatic heterocycles. The quantitative estimate of drug-likeness (QED) is 0.881. The van der Waals surface area contributed by atoms with E-state index in [-0.39, 0.29) is 5.82 Å². The van der Waals surface area contributed by atoms with E-state index in [0.29, 0.717) is 10.0 Å². The fourth-order valence-corrected chi connectivity index (χ4v) is 2.52. The van der Waals surface area contributed by atoms with Crippen LogP contribution in [0.2, 0.25) is 0 Å². The minimum absolute atomic E-state index is 0.282. The van der Waals surface area contributed by atoms with Crippen LogP contribution in [0.3, 0.4) is 0 Å². The molecule has 0 amide bonds. The SMILES string of the molecule is Cc1ccc(C(N)c2c(F)cccc2Br)cc1C. The van der Waals surface area contributed by atoms with Crippen LogP contribution in [0.25, 0.3) is 0 Å². The van der Waals surface area contributed by atoms with Gasteiger partial charge in [0.15, 0.2) is 0 Å². The summed E-state index contributed by atoms with van der Waals surface area (Å²) in [6.07, 6.45) is 0. The third kappa shape index (κ3) is 2.47.